The van der Waals surface area contributed by atoms with Crippen LogP contribution in [0.15, 0.2) is 54.6 Å². The summed E-state index contributed by atoms with van der Waals surface area (Å²) < 4.78 is 39.1. The molecule has 1 aliphatic rings. The van der Waals surface area contributed by atoms with Gasteiger partial charge in [0.2, 0.25) is 11.8 Å². The third-order valence-corrected chi connectivity index (χ3v) is 5.49. The number of carbonyl (C=O) groups is 3. The Kier molecular flexibility index (Phi) is 7.38. The minimum Gasteiger partial charge on any atom is -0.338 e. The molecule has 6 N–H and O–H groups in total. The average Bonchev–Trinajstić information content (AvgIpc) is 2.75. The lowest BCUT2D eigenvalue weighted by Gasteiger charge is -2.35. The van der Waals surface area contributed by atoms with Gasteiger partial charge in [0.1, 0.15) is 11.5 Å². The minimum atomic E-state index is -4.61. The van der Waals surface area contributed by atoms with Crippen molar-refractivity contribution in [3.05, 3.63) is 65.7 Å². The maximum atomic E-state index is 13.0. The number of nitrogens with two attached hydrogens (primary N) is 1. The van der Waals surface area contributed by atoms with Crippen LogP contribution in [-0.4, -0.2) is 41.2 Å². The number of para-hydroxylation sites is 1. The molecule has 0 aliphatic carbocycles. The van der Waals surface area contributed by atoms with Crippen molar-refractivity contribution in [3.8, 4) is 0 Å². The molecule has 1 saturated heterocycles. The Hall–Kier alpha value is -3.09. The number of alkyl halides is 3. The molecule has 32 heavy (non-hydrogen) atoms. The van der Waals surface area contributed by atoms with E-state index in [1.807, 2.05) is 0 Å². The number of hydrogen-bond acceptors (Lipinski definition) is 6. The molecule has 0 radical (unpaired) electrons. The molecular formula is C20H20F3N5O3S. The van der Waals surface area contributed by atoms with Crippen LogP contribution in [0.5, 0.6) is 0 Å². The lowest BCUT2D eigenvalue weighted by molar-refractivity contribution is -0.137. The molecule has 3 rings (SSSR count). The molecule has 2 aromatic carbocycles. The molecule has 170 valence electrons. The summed E-state index contributed by atoms with van der Waals surface area (Å²) in [6.07, 6.45) is -5.55. The molecule has 1 aliphatic heterocycles. The SMILES string of the molecule is NC1NC(SCC(=O)Nc2ccccc2C(F)(F)F)NC(=O)C1NC(=O)c1ccccc1. The number of rotatable bonds is 6. The van der Waals surface area contributed by atoms with Crippen LogP contribution in [0.1, 0.15) is 15.9 Å². The van der Waals surface area contributed by atoms with E-state index in [1.165, 1.54) is 12.1 Å². The van der Waals surface area contributed by atoms with Gasteiger partial charge >= 0.3 is 6.18 Å². The van der Waals surface area contributed by atoms with Gasteiger partial charge in [0, 0.05) is 5.56 Å². The van der Waals surface area contributed by atoms with E-state index in [0.717, 1.165) is 23.9 Å². The summed E-state index contributed by atoms with van der Waals surface area (Å²) in [6.45, 7) is 0. The molecule has 1 fully saturated rings. The van der Waals surface area contributed by atoms with E-state index in [4.69, 9.17) is 5.73 Å². The van der Waals surface area contributed by atoms with Gasteiger partial charge in [-0.05, 0) is 24.3 Å². The van der Waals surface area contributed by atoms with Crippen LogP contribution < -0.4 is 27.0 Å². The second-order valence-electron chi connectivity index (χ2n) is 6.80. The van der Waals surface area contributed by atoms with Crippen molar-refractivity contribution in [1.82, 2.24) is 16.0 Å². The van der Waals surface area contributed by atoms with E-state index in [0.29, 0.717) is 5.56 Å². The number of benzene rings is 2. The number of anilines is 1. The zero-order chi connectivity index (χ0) is 23.3. The second kappa shape index (κ2) is 10.0. The number of carbonyl (C=O) groups excluding carboxylic acids is 3. The zero-order valence-electron chi connectivity index (χ0n) is 16.5. The van der Waals surface area contributed by atoms with Crippen LogP contribution in [0.2, 0.25) is 0 Å². The predicted molar refractivity (Wildman–Crippen MR) is 113 cm³/mol. The Morgan fingerprint density at radius 1 is 1.06 bits per heavy atom. The summed E-state index contributed by atoms with van der Waals surface area (Å²) in [5.74, 6) is -1.97. The highest BCUT2D eigenvalue weighted by Gasteiger charge is 2.36. The Labute approximate surface area is 185 Å². The van der Waals surface area contributed by atoms with Crippen molar-refractivity contribution in [2.75, 3.05) is 11.1 Å². The first-order valence-corrected chi connectivity index (χ1v) is 10.5. The first-order valence-electron chi connectivity index (χ1n) is 9.41. The smallest absolute Gasteiger partial charge is 0.338 e. The van der Waals surface area contributed by atoms with E-state index in [-0.39, 0.29) is 11.4 Å². The molecule has 0 saturated carbocycles. The lowest BCUT2D eigenvalue weighted by atomic mass is 10.1. The Bertz CT molecular complexity index is 990. The van der Waals surface area contributed by atoms with Crippen LogP contribution in [-0.2, 0) is 15.8 Å². The topological polar surface area (TPSA) is 125 Å². The van der Waals surface area contributed by atoms with Gasteiger partial charge in [-0.25, -0.2) is 0 Å². The molecule has 0 aromatic heterocycles. The van der Waals surface area contributed by atoms with Crippen LogP contribution in [0, 0.1) is 0 Å². The third-order valence-electron chi connectivity index (χ3n) is 4.47. The first-order chi connectivity index (χ1) is 15.1. The van der Waals surface area contributed by atoms with Crippen molar-refractivity contribution in [2.45, 2.75) is 23.9 Å². The summed E-state index contributed by atoms with van der Waals surface area (Å²) >= 11 is 0.934. The summed E-state index contributed by atoms with van der Waals surface area (Å²) in [5, 5.41) is 10.2. The number of hydrogen-bond donors (Lipinski definition) is 5. The molecule has 2 aromatic rings. The zero-order valence-corrected chi connectivity index (χ0v) is 17.3. The molecule has 0 bridgehead atoms. The van der Waals surface area contributed by atoms with Crippen molar-refractivity contribution in [3.63, 3.8) is 0 Å². The Morgan fingerprint density at radius 3 is 2.38 bits per heavy atom. The predicted octanol–water partition coefficient (Wildman–Crippen LogP) is 1.46. The summed E-state index contributed by atoms with van der Waals surface area (Å²) in [7, 11) is 0. The lowest BCUT2D eigenvalue weighted by Crippen LogP contribution is -2.70. The molecule has 3 amide bonds. The largest absolute Gasteiger partial charge is 0.418 e. The monoisotopic (exact) mass is 467 g/mol. The van der Waals surface area contributed by atoms with Crippen LogP contribution >= 0.6 is 11.8 Å². The van der Waals surface area contributed by atoms with Gasteiger partial charge in [-0.1, -0.05) is 30.3 Å². The van der Waals surface area contributed by atoms with Crippen LogP contribution in [0.25, 0.3) is 0 Å². The highest BCUT2D eigenvalue weighted by molar-refractivity contribution is 8.00. The number of nitrogens with one attached hydrogen (secondary N) is 4. The molecule has 3 atom stereocenters. The summed E-state index contributed by atoms with van der Waals surface area (Å²) in [5.41, 5.74) is 4.24. The quantitative estimate of drug-likeness (QED) is 0.438. The van der Waals surface area contributed by atoms with Gasteiger partial charge in [-0.15, -0.1) is 11.8 Å². The summed E-state index contributed by atoms with van der Waals surface area (Å²) in [4.78, 5) is 36.8. The number of thioether (sulfide) groups is 1. The third kappa shape index (κ3) is 5.99. The maximum Gasteiger partial charge on any atom is 0.418 e. The van der Waals surface area contributed by atoms with E-state index in [9.17, 15) is 27.6 Å². The number of amides is 3. The standard InChI is InChI=1S/C20H20F3N5O3S/c21-20(22,23)12-8-4-5-9-13(12)25-14(29)10-32-19-27-16(24)15(18(31)28-19)26-17(30)11-6-2-1-3-7-11/h1-9,15-16,19,27H,10,24H2,(H,25,29)(H,26,30)(H,28,31). The first kappa shape index (κ1) is 23.6. The van der Waals surface area contributed by atoms with Gasteiger partial charge in [0.25, 0.3) is 5.91 Å². The summed E-state index contributed by atoms with van der Waals surface area (Å²) in [6, 6.07) is 11.9. The molecule has 8 nitrogen and oxygen atoms in total. The van der Waals surface area contributed by atoms with Crippen molar-refractivity contribution >= 4 is 35.2 Å². The molecule has 3 unspecified atom stereocenters. The fraction of sp³-hybridized carbons (Fsp3) is 0.250. The molecule has 1 heterocycles. The van der Waals surface area contributed by atoms with Gasteiger partial charge in [-0.3, -0.25) is 19.7 Å². The molecule has 0 spiro atoms. The second-order valence-corrected chi connectivity index (χ2v) is 7.89. The van der Waals surface area contributed by atoms with Gasteiger partial charge in [0.05, 0.1) is 23.2 Å². The highest BCUT2D eigenvalue weighted by Crippen LogP contribution is 2.34. The van der Waals surface area contributed by atoms with E-state index in [2.05, 4.69) is 21.3 Å². The van der Waals surface area contributed by atoms with E-state index < -0.39 is 47.2 Å². The Balaban J connectivity index is 1.52. The van der Waals surface area contributed by atoms with Crippen LogP contribution in [0.4, 0.5) is 18.9 Å². The fourth-order valence-electron chi connectivity index (χ4n) is 2.94. The highest BCUT2D eigenvalue weighted by atomic mass is 32.2. The fourth-order valence-corrected chi connectivity index (χ4v) is 3.78. The van der Waals surface area contributed by atoms with Gasteiger partial charge < -0.3 is 21.7 Å². The average molecular weight is 467 g/mol. The molecular weight excluding hydrogens is 447 g/mol. The van der Waals surface area contributed by atoms with Crippen molar-refractivity contribution in [1.29, 1.82) is 0 Å². The normalized spacial score (nSPS) is 20.9. The van der Waals surface area contributed by atoms with Crippen molar-refractivity contribution in [2.24, 2.45) is 5.73 Å². The maximum absolute atomic E-state index is 13.0. The van der Waals surface area contributed by atoms with Crippen LogP contribution in [0.3, 0.4) is 0 Å². The van der Waals surface area contributed by atoms with Gasteiger partial charge in [0.15, 0.2) is 0 Å². The Morgan fingerprint density at radius 2 is 1.72 bits per heavy atom. The van der Waals surface area contributed by atoms with E-state index in [1.54, 1.807) is 30.3 Å². The molecule has 12 heteroatoms. The number of halogens is 3. The minimum absolute atomic E-state index is 0.252. The van der Waals surface area contributed by atoms with Crippen molar-refractivity contribution < 1.29 is 27.6 Å². The van der Waals surface area contributed by atoms with Gasteiger partial charge in [-0.2, -0.15) is 13.2 Å². The van der Waals surface area contributed by atoms with E-state index >= 15 is 0 Å².